The van der Waals surface area contributed by atoms with Crippen LogP contribution in [-0.4, -0.2) is 20.7 Å². The predicted molar refractivity (Wildman–Crippen MR) is 90.5 cm³/mol. The van der Waals surface area contributed by atoms with Crippen LogP contribution in [0.15, 0.2) is 18.2 Å². The zero-order valence-corrected chi connectivity index (χ0v) is 14.3. The summed E-state index contributed by atoms with van der Waals surface area (Å²) in [5.41, 5.74) is 4.02. The van der Waals surface area contributed by atoms with Gasteiger partial charge in [0.1, 0.15) is 5.82 Å². The van der Waals surface area contributed by atoms with Crippen LogP contribution >= 0.6 is 0 Å². The number of hydrogen-bond donors (Lipinski definition) is 1. The molecule has 3 rings (SSSR count). The summed E-state index contributed by atoms with van der Waals surface area (Å²) in [7, 11) is 0. The number of benzene rings is 1. The Bertz CT molecular complexity index is 733. The van der Waals surface area contributed by atoms with Gasteiger partial charge in [0.2, 0.25) is 11.9 Å². The second-order valence-corrected chi connectivity index (χ2v) is 6.76. The van der Waals surface area contributed by atoms with Gasteiger partial charge in [-0.1, -0.05) is 32.0 Å². The van der Waals surface area contributed by atoms with Crippen LogP contribution in [0.4, 0.5) is 5.95 Å². The van der Waals surface area contributed by atoms with Crippen LogP contribution in [0.1, 0.15) is 48.7 Å². The smallest absolute Gasteiger partial charge is 0.248 e. The Morgan fingerprint density at radius 1 is 1.30 bits per heavy atom. The normalized spacial score (nSPS) is 17.2. The highest BCUT2D eigenvalue weighted by atomic mass is 16.2. The minimum atomic E-state index is -0.0705. The second-order valence-electron chi connectivity index (χ2n) is 6.76. The van der Waals surface area contributed by atoms with Crippen molar-refractivity contribution in [2.24, 2.45) is 5.92 Å². The van der Waals surface area contributed by atoms with E-state index in [4.69, 9.17) is 0 Å². The highest BCUT2D eigenvalue weighted by Gasteiger charge is 2.24. The summed E-state index contributed by atoms with van der Waals surface area (Å²) in [6.07, 6.45) is 1.96. The molecule has 1 aromatic heterocycles. The molecule has 0 saturated carbocycles. The van der Waals surface area contributed by atoms with E-state index in [0.29, 0.717) is 11.9 Å². The molecule has 5 nitrogen and oxygen atoms in total. The van der Waals surface area contributed by atoms with Gasteiger partial charge in [0, 0.05) is 24.8 Å². The Morgan fingerprint density at radius 2 is 2.09 bits per heavy atom. The topological polar surface area (TPSA) is 59.8 Å². The lowest BCUT2D eigenvalue weighted by Crippen LogP contribution is -2.20. The van der Waals surface area contributed by atoms with Crippen LogP contribution in [0.2, 0.25) is 0 Å². The van der Waals surface area contributed by atoms with E-state index >= 15 is 0 Å². The van der Waals surface area contributed by atoms with E-state index in [1.165, 1.54) is 16.7 Å². The number of nitrogens with one attached hydrogen (secondary N) is 1. The van der Waals surface area contributed by atoms with Gasteiger partial charge in [-0.3, -0.25) is 10.1 Å². The Balaban J connectivity index is 1.76. The van der Waals surface area contributed by atoms with Gasteiger partial charge < -0.3 is 0 Å². The fourth-order valence-corrected chi connectivity index (χ4v) is 2.91. The number of carbonyl (C=O) groups is 1. The van der Waals surface area contributed by atoms with E-state index < -0.39 is 0 Å². The third kappa shape index (κ3) is 3.28. The molecule has 1 aliphatic heterocycles. The third-order valence-corrected chi connectivity index (χ3v) is 4.62. The van der Waals surface area contributed by atoms with Crippen LogP contribution in [0, 0.1) is 19.8 Å². The summed E-state index contributed by atoms with van der Waals surface area (Å²) in [5, 5.41) is 7.25. The maximum absolute atomic E-state index is 11.8. The minimum absolute atomic E-state index is 0.0429. The number of carbonyl (C=O) groups excluding carboxylic acids is 1. The number of amides is 1. The molecule has 1 amide bonds. The highest BCUT2D eigenvalue weighted by Crippen LogP contribution is 2.29. The SMILES string of the molecule is Cc1ccc(C2CCc3nc(NC(=O)C(C)C)nn3C2)cc1C. The van der Waals surface area contributed by atoms with Crippen LogP contribution in [0.5, 0.6) is 0 Å². The quantitative estimate of drug-likeness (QED) is 0.946. The summed E-state index contributed by atoms with van der Waals surface area (Å²) < 4.78 is 1.94. The fourth-order valence-electron chi connectivity index (χ4n) is 2.91. The molecule has 0 bridgehead atoms. The first-order chi connectivity index (χ1) is 10.9. The van der Waals surface area contributed by atoms with Gasteiger partial charge in [0.15, 0.2) is 0 Å². The molecule has 0 radical (unpaired) electrons. The Hall–Kier alpha value is -2.17. The van der Waals surface area contributed by atoms with Crippen molar-refractivity contribution in [1.29, 1.82) is 0 Å². The Morgan fingerprint density at radius 3 is 2.78 bits per heavy atom. The average molecular weight is 312 g/mol. The van der Waals surface area contributed by atoms with E-state index in [1.807, 2.05) is 18.5 Å². The maximum Gasteiger partial charge on any atom is 0.248 e. The molecule has 0 spiro atoms. The molecule has 0 saturated heterocycles. The van der Waals surface area contributed by atoms with Gasteiger partial charge in [-0.25, -0.2) is 4.68 Å². The van der Waals surface area contributed by atoms with Gasteiger partial charge in [0.25, 0.3) is 0 Å². The van der Waals surface area contributed by atoms with Crippen LogP contribution < -0.4 is 5.32 Å². The molecule has 122 valence electrons. The van der Waals surface area contributed by atoms with E-state index in [1.54, 1.807) is 0 Å². The van der Waals surface area contributed by atoms with Crippen LogP contribution in [0.25, 0.3) is 0 Å². The van der Waals surface area contributed by atoms with Gasteiger partial charge in [0.05, 0.1) is 0 Å². The molecule has 0 fully saturated rings. The van der Waals surface area contributed by atoms with Gasteiger partial charge in [-0.15, -0.1) is 5.10 Å². The van der Waals surface area contributed by atoms with Crippen molar-refractivity contribution in [1.82, 2.24) is 14.8 Å². The van der Waals surface area contributed by atoms with Crippen molar-refractivity contribution >= 4 is 11.9 Å². The predicted octanol–water partition coefficient (Wildman–Crippen LogP) is 3.22. The van der Waals surface area contributed by atoms with E-state index in [9.17, 15) is 4.79 Å². The van der Waals surface area contributed by atoms with Crippen molar-refractivity contribution in [3.8, 4) is 0 Å². The van der Waals surface area contributed by atoms with Crippen LogP contribution in [-0.2, 0) is 17.8 Å². The molecular weight excluding hydrogens is 288 g/mol. The molecule has 1 unspecified atom stereocenters. The number of anilines is 1. The summed E-state index contributed by atoms with van der Waals surface area (Å²) in [5.74, 6) is 1.73. The van der Waals surface area contributed by atoms with Crippen molar-refractivity contribution < 1.29 is 4.79 Å². The van der Waals surface area contributed by atoms with E-state index in [0.717, 1.165) is 25.2 Å². The molecule has 23 heavy (non-hydrogen) atoms. The molecule has 1 N–H and O–H groups in total. The minimum Gasteiger partial charge on any atom is -0.293 e. The standard InChI is InChI=1S/C18H24N4O/c1-11(2)17(23)20-18-19-16-8-7-15(10-22(16)21-18)14-6-5-12(3)13(4)9-14/h5-6,9,11,15H,7-8,10H2,1-4H3,(H,20,21,23). The molecule has 5 heteroatoms. The monoisotopic (exact) mass is 312 g/mol. The summed E-state index contributed by atoms with van der Waals surface area (Å²) in [6.45, 7) is 8.84. The van der Waals surface area contributed by atoms with Crippen molar-refractivity contribution in [3.05, 3.63) is 40.7 Å². The molecule has 0 aliphatic carbocycles. The second kappa shape index (κ2) is 6.14. The highest BCUT2D eigenvalue weighted by molar-refractivity contribution is 5.90. The molecule has 1 atom stereocenters. The first-order valence-corrected chi connectivity index (χ1v) is 8.25. The zero-order valence-electron chi connectivity index (χ0n) is 14.3. The van der Waals surface area contributed by atoms with E-state index in [2.05, 4.69) is 47.4 Å². The lowest BCUT2D eigenvalue weighted by molar-refractivity contribution is -0.118. The summed E-state index contributed by atoms with van der Waals surface area (Å²) in [4.78, 5) is 16.2. The van der Waals surface area contributed by atoms with Crippen molar-refractivity contribution in [2.45, 2.75) is 53.0 Å². The largest absolute Gasteiger partial charge is 0.293 e. The number of fused-ring (bicyclic) bond motifs is 1. The number of nitrogens with zero attached hydrogens (tertiary/aromatic N) is 3. The number of aromatic nitrogens is 3. The molecular formula is C18H24N4O. The zero-order chi connectivity index (χ0) is 16.6. The van der Waals surface area contributed by atoms with Gasteiger partial charge in [-0.05, 0) is 37.0 Å². The molecule has 2 aromatic rings. The molecule has 1 aromatic carbocycles. The van der Waals surface area contributed by atoms with Crippen molar-refractivity contribution in [2.75, 3.05) is 5.32 Å². The van der Waals surface area contributed by atoms with E-state index in [-0.39, 0.29) is 11.8 Å². The molecule has 2 heterocycles. The lowest BCUT2D eigenvalue weighted by atomic mass is 9.90. The summed E-state index contributed by atoms with van der Waals surface area (Å²) in [6, 6.07) is 6.69. The lowest BCUT2D eigenvalue weighted by Gasteiger charge is -2.23. The van der Waals surface area contributed by atoms with Crippen molar-refractivity contribution in [3.63, 3.8) is 0 Å². The van der Waals surface area contributed by atoms with Gasteiger partial charge >= 0.3 is 0 Å². The number of rotatable bonds is 3. The van der Waals surface area contributed by atoms with Crippen LogP contribution in [0.3, 0.4) is 0 Å². The van der Waals surface area contributed by atoms with Gasteiger partial charge in [-0.2, -0.15) is 4.98 Å². The average Bonchev–Trinajstić information content (AvgIpc) is 2.91. The summed E-state index contributed by atoms with van der Waals surface area (Å²) >= 11 is 0. The first kappa shape index (κ1) is 15.7. The Kier molecular flexibility index (Phi) is 4.20. The number of aryl methyl sites for hydroxylation is 3. The Labute approximate surface area is 137 Å². The first-order valence-electron chi connectivity index (χ1n) is 8.25. The third-order valence-electron chi connectivity index (χ3n) is 4.62. The molecule has 1 aliphatic rings. The number of hydrogen-bond acceptors (Lipinski definition) is 3. The fraction of sp³-hybridized carbons (Fsp3) is 0.500. The maximum atomic E-state index is 11.8.